The summed E-state index contributed by atoms with van der Waals surface area (Å²) in [5.74, 6) is -1.19. The van der Waals surface area contributed by atoms with E-state index >= 15 is 0 Å². The third kappa shape index (κ3) is 3.28. The quantitative estimate of drug-likeness (QED) is 0.801. The van der Waals surface area contributed by atoms with Crippen molar-refractivity contribution >= 4 is 11.9 Å². The molecule has 0 unspecified atom stereocenters. The zero-order valence-corrected chi connectivity index (χ0v) is 11.2. The molecule has 0 aliphatic heterocycles. The Hall–Kier alpha value is -3.07. The molecule has 1 heterocycles. The molecule has 0 atom stereocenters. The Morgan fingerprint density at radius 2 is 1.90 bits per heavy atom. The van der Waals surface area contributed by atoms with E-state index in [1.54, 1.807) is 0 Å². The second-order valence-electron chi connectivity index (χ2n) is 4.03. The zero-order valence-electron chi connectivity index (χ0n) is 11.2. The highest BCUT2D eigenvalue weighted by Gasteiger charge is 2.17. The molecule has 0 bridgehead atoms. The molecule has 0 aliphatic carbocycles. The second kappa shape index (κ2) is 6.39. The fraction of sp³-hybridized carbons (Fsp3) is 0.133. The summed E-state index contributed by atoms with van der Waals surface area (Å²) in [6.07, 6.45) is 1.32. The molecule has 2 aromatic rings. The maximum absolute atomic E-state index is 11.8. The summed E-state index contributed by atoms with van der Waals surface area (Å²) in [6, 6.07) is 9.52. The molecular formula is C15H11NO5. The van der Waals surface area contributed by atoms with Gasteiger partial charge in [-0.2, -0.15) is 5.26 Å². The maximum atomic E-state index is 11.8. The number of esters is 2. The number of rotatable bonds is 4. The minimum Gasteiger partial charge on any atom is -0.463 e. The van der Waals surface area contributed by atoms with E-state index < -0.39 is 11.9 Å². The van der Waals surface area contributed by atoms with E-state index in [1.165, 1.54) is 43.7 Å². The van der Waals surface area contributed by atoms with Crippen LogP contribution < -0.4 is 0 Å². The molecule has 21 heavy (non-hydrogen) atoms. The summed E-state index contributed by atoms with van der Waals surface area (Å²) in [4.78, 5) is 23.2. The van der Waals surface area contributed by atoms with E-state index in [4.69, 9.17) is 14.4 Å². The number of carbonyl (C=O) groups is 2. The molecule has 0 saturated heterocycles. The van der Waals surface area contributed by atoms with E-state index in [0.717, 1.165) is 0 Å². The van der Waals surface area contributed by atoms with Crippen LogP contribution in [-0.4, -0.2) is 19.0 Å². The summed E-state index contributed by atoms with van der Waals surface area (Å²) < 4.78 is 14.6. The number of benzene rings is 1. The number of ether oxygens (including phenoxy) is 2. The molecule has 106 valence electrons. The lowest BCUT2D eigenvalue weighted by molar-refractivity contribution is 0.0453. The lowest BCUT2D eigenvalue weighted by Crippen LogP contribution is -2.08. The number of furan rings is 1. The van der Waals surface area contributed by atoms with Gasteiger partial charge in [0.05, 0.1) is 30.6 Å². The van der Waals surface area contributed by atoms with Crippen molar-refractivity contribution in [3.05, 3.63) is 59.0 Å². The largest absolute Gasteiger partial charge is 0.463 e. The van der Waals surface area contributed by atoms with Crippen molar-refractivity contribution in [2.24, 2.45) is 0 Å². The maximum Gasteiger partial charge on any atom is 0.374 e. The number of methoxy groups -OCH3 is 1. The van der Waals surface area contributed by atoms with Crippen LogP contribution in [-0.2, 0) is 16.1 Å². The van der Waals surface area contributed by atoms with Crippen molar-refractivity contribution < 1.29 is 23.5 Å². The highest BCUT2D eigenvalue weighted by molar-refractivity contribution is 5.90. The topological polar surface area (TPSA) is 89.5 Å². The van der Waals surface area contributed by atoms with E-state index in [0.29, 0.717) is 16.7 Å². The van der Waals surface area contributed by atoms with Crippen molar-refractivity contribution in [2.75, 3.05) is 7.11 Å². The monoisotopic (exact) mass is 285 g/mol. The van der Waals surface area contributed by atoms with Crippen LogP contribution in [0.2, 0.25) is 0 Å². The third-order valence-corrected chi connectivity index (χ3v) is 2.73. The fourth-order valence-corrected chi connectivity index (χ4v) is 1.63. The predicted molar refractivity (Wildman–Crippen MR) is 70.3 cm³/mol. The molecule has 0 saturated carbocycles. The van der Waals surface area contributed by atoms with Crippen molar-refractivity contribution in [1.82, 2.24) is 0 Å². The van der Waals surface area contributed by atoms with Crippen LogP contribution in [0.5, 0.6) is 0 Å². The molecule has 0 spiro atoms. The number of nitrogens with zero attached hydrogens (tertiary/aromatic N) is 1. The first kappa shape index (κ1) is 14.3. The fourth-order valence-electron chi connectivity index (χ4n) is 1.63. The van der Waals surface area contributed by atoms with E-state index in [1.807, 2.05) is 6.07 Å². The third-order valence-electron chi connectivity index (χ3n) is 2.73. The average molecular weight is 285 g/mol. The van der Waals surface area contributed by atoms with Crippen LogP contribution in [0.15, 0.2) is 41.0 Å². The molecule has 2 rings (SSSR count). The molecule has 0 N–H and O–H groups in total. The first-order chi connectivity index (χ1) is 10.2. The van der Waals surface area contributed by atoms with Gasteiger partial charge in [-0.3, -0.25) is 0 Å². The van der Waals surface area contributed by atoms with Gasteiger partial charge in [-0.25, -0.2) is 9.59 Å². The number of hydrogen-bond acceptors (Lipinski definition) is 6. The molecule has 0 fully saturated rings. The Bertz CT molecular complexity index is 694. The molecule has 1 aromatic carbocycles. The van der Waals surface area contributed by atoms with E-state index in [9.17, 15) is 9.59 Å². The Morgan fingerprint density at radius 3 is 2.52 bits per heavy atom. The molecule has 6 nitrogen and oxygen atoms in total. The van der Waals surface area contributed by atoms with Gasteiger partial charge in [0.2, 0.25) is 5.76 Å². The summed E-state index contributed by atoms with van der Waals surface area (Å²) in [5, 5.41) is 8.68. The summed E-state index contributed by atoms with van der Waals surface area (Å²) >= 11 is 0. The van der Waals surface area contributed by atoms with Crippen LogP contribution in [0, 0.1) is 11.3 Å². The van der Waals surface area contributed by atoms with Gasteiger partial charge >= 0.3 is 11.9 Å². The Balaban J connectivity index is 2.03. The zero-order chi connectivity index (χ0) is 15.2. The number of carbonyl (C=O) groups excluding carboxylic acids is 2. The Labute approximate surface area is 120 Å². The lowest BCUT2D eigenvalue weighted by Gasteiger charge is -2.04. The minimum absolute atomic E-state index is 0.00475. The SMILES string of the molecule is COC(=O)c1occc1COC(=O)c1ccc(C#N)cc1. The Kier molecular flexibility index (Phi) is 4.36. The molecule has 0 amide bonds. The smallest absolute Gasteiger partial charge is 0.374 e. The van der Waals surface area contributed by atoms with E-state index in [-0.39, 0.29) is 12.4 Å². The molecule has 0 aliphatic rings. The Morgan fingerprint density at radius 1 is 1.19 bits per heavy atom. The predicted octanol–water partition coefficient (Wildman–Crippen LogP) is 2.29. The van der Waals surface area contributed by atoms with Gasteiger partial charge < -0.3 is 13.9 Å². The molecule has 1 aromatic heterocycles. The minimum atomic E-state index is -0.635. The standard InChI is InChI=1S/C15H11NO5/c1-19-15(18)13-12(6-7-20-13)9-21-14(17)11-4-2-10(8-16)3-5-11/h2-7H,9H2,1H3. The lowest BCUT2D eigenvalue weighted by atomic mass is 10.1. The van der Waals surface area contributed by atoms with Gasteiger partial charge in [-0.1, -0.05) is 0 Å². The van der Waals surface area contributed by atoms with Gasteiger partial charge in [0, 0.05) is 5.56 Å². The van der Waals surface area contributed by atoms with Crippen molar-refractivity contribution in [1.29, 1.82) is 5.26 Å². The van der Waals surface area contributed by atoms with Crippen molar-refractivity contribution in [2.45, 2.75) is 6.61 Å². The van der Waals surface area contributed by atoms with Crippen LogP contribution in [0.1, 0.15) is 32.0 Å². The summed E-state index contributed by atoms with van der Waals surface area (Å²) in [7, 11) is 1.23. The highest BCUT2D eigenvalue weighted by atomic mass is 16.5. The van der Waals surface area contributed by atoms with Gasteiger partial charge in [0.15, 0.2) is 0 Å². The normalized spacial score (nSPS) is 9.71. The van der Waals surface area contributed by atoms with Crippen molar-refractivity contribution in [3.8, 4) is 6.07 Å². The molecule has 0 radical (unpaired) electrons. The number of hydrogen-bond donors (Lipinski definition) is 0. The summed E-state index contributed by atoms with van der Waals surface area (Å²) in [5.41, 5.74) is 1.19. The molecular weight excluding hydrogens is 274 g/mol. The second-order valence-corrected chi connectivity index (χ2v) is 4.03. The van der Waals surface area contributed by atoms with E-state index in [2.05, 4.69) is 4.74 Å². The van der Waals surface area contributed by atoms with Crippen LogP contribution in [0.3, 0.4) is 0 Å². The van der Waals surface area contributed by atoms with Gasteiger partial charge in [-0.15, -0.1) is 0 Å². The van der Waals surface area contributed by atoms with Gasteiger partial charge in [0.25, 0.3) is 0 Å². The van der Waals surface area contributed by atoms with Gasteiger partial charge in [0.1, 0.15) is 6.61 Å². The summed E-state index contributed by atoms with van der Waals surface area (Å²) in [6.45, 7) is -0.111. The average Bonchev–Trinajstić information content (AvgIpc) is 3.00. The van der Waals surface area contributed by atoms with Gasteiger partial charge in [-0.05, 0) is 30.3 Å². The van der Waals surface area contributed by atoms with Crippen molar-refractivity contribution in [3.63, 3.8) is 0 Å². The van der Waals surface area contributed by atoms with Crippen LogP contribution >= 0.6 is 0 Å². The highest BCUT2D eigenvalue weighted by Crippen LogP contribution is 2.14. The first-order valence-corrected chi connectivity index (χ1v) is 5.97. The van der Waals surface area contributed by atoms with Crippen LogP contribution in [0.4, 0.5) is 0 Å². The van der Waals surface area contributed by atoms with Crippen LogP contribution in [0.25, 0.3) is 0 Å². The molecule has 6 heteroatoms. The first-order valence-electron chi connectivity index (χ1n) is 5.97. The number of nitriles is 1.